The Morgan fingerprint density at radius 3 is 3.04 bits per heavy atom. The van der Waals surface area contributed by atoms with Crippen molar-refractivity contribution < 1.29 is 9.15 Å². The number of nitrogens with zero attached hydrogens (tertiary/aromatic N) is 4. The number of hydrogen-bond donors (Lipinski definition) is 0. The van der Waals surface area contributed by atoms with Gasteiger partial charge in [0.15, 0.2) is 0 Å². The highest BCUT2D eigenvalue weighted by molar-refractivity contribution is 7.98. The summed E-state index contributed by atoms with van der Waals surface area (Å²) in [5.41, 5.74) is 0. The predicted octanol–water partition coefficient (Wildman–Crippen LogP) is 3.71. The summed E-state index contributed by atoms with van der Waals surface area (Å²) in [4.78, 5) is 0. The molecule has 2 heterocycles. The minimum absolute atomic E-state index is 0.292. The van der Waals surface area contributed by atoms with Crippen LogP contribution in [0.1, 0.15) is 11.5 Å². The third-order valence-corrected chi connectivity index (χ3v) is 3.83. The molecule has 2 aromatic heterocycles. The first-order valence-electron chi connectivity index (χ1n) is 6.70. The van der Waals surface area contributed by atoms with Crippen LogP contribution in [0.25, 0.3) is 0 Å². The summed E-state index contributed by atoms with van der Waals surface area (Å²) in [6, 6.07) is 11.0. The molecular formula is C15H13ClN4O2S. The lowest BCUT2D eigenvalue weighted by atomic mass is 10.3. The first kappa shape index (κ1) is 15.6. The fourth-order valence-corrected chi connectivity index (χ4v) is 2.40. The molecule has 0 bridgehead atoms. The first-order valence-corrected chi connectivity index (χ1v) is 8.31. The lowest BCUT2D eigenvalue weighted by molar-refractivity contribution is 0.270. The summed E-state index contributed by atoms with van der Waals surface area (Å²) in [7, 11) is 0. The van der Waals surface area contributed by atoms with Gasteiger partial charge in [-0.2, -0.15) is 9.78 Å². The molecule has 0 spiro atoms. The number of aromatic nitrogens is 3. The molecule has 0 radical (unpaired) electrons. The minimum atomic E-state index is 0.292. The van der Waals surface area contributed by atoms with Gasteiger partial charge in [-0.15, -0.1) is 10.2 Å². The highest BCUT2D eigenvalue weighted by Crippen LogP contribution is 2.24. The Labute approximate surface area is 142 Å². The van der Waals surface area contributed by atoms with Crippen molar-refractivity contribution >= 4 is 29.6 Å². The van der Waals surface area contributed by atoms with E-state index in [1.54, 1.807) is 17.0 Å². The van der Waals surface area contributed by atoms with Gasteiger partial charge < -0.3 is 9.15 Å². The van der Waals surface area contributed by atoms with E-state index in [2.05, 4.69) is 15.3 Å². The Morgan fingerprint density at radius 1 is 1.35 bits per heavy atom. The third-order valence-electron chi connectivity index (χ3n) is 2.88. The molecule has 0 unspecified atom stereocenters. The van der Waals surface area contributed by atoms with Crippen molar-refractivity contribution in [1.29, 1.82) is 0 Å². The van der Waals surface area contributed by atoms with Gasteiger partial charge in [0.2, 0.25) is 5.16 Å². The number of rotatable bonds is 6. The highest BCUT2D eigenvalue weighted by atomic mass is 35.5. The molecule has 6 nitrogen and oxygen atoms in total. The molecule has 3 rings (SSSR count). The van der Waals surface area contributed by atoms with Gasteiger partial charge >= 0.3 is 0 Å². The number of ether oxygens (including phenoxy) is 1. The molecule has 0 aliphatic heterocycles. The van der Waals surface area contributed by atoms with Crippen LogP contribution in [0.5, 0.6) is 5.75 Å². The second-order valence-electron chi connectivity index (χ2n) is 4.43. The minimum Gasteiger partial charge on any atom is -0.484 e. The van der Waals surface area contributed by atoms with E-state index in [9.17, 15) is 0 Å². The average Bonchev–Trinajstić information content (AvgIpc) is 3.21. The Bertz CT molecular complexity index is 815. The molecule has 0 saturated heterocycles. The van der Waals surface area contributed by atoms with Crippen LogP contribution in [0.2, 0.25) is 5.02 Å². The van der Waals surface area contributed by atoms with Crippen molar-refractivity contribution in [3.05, 3.63) is 59.3 Å². The summed E-state index contributed by atoms with van der Waals surface area (Å²) in [6.07, 6.45) is 5.04. The fourth-order valence-electron chi connectivity index (χ4n) is 1.80. The largest absolute Gasteiger partial charge is 0.484 e. The Morgan fingerprint density at radius 2 is 2.22 bits per heavy atom. The van der Waals surface area contributed by atoms with Gasteiger partial charge in [-0.1, -0.05) is 35.5 Å². The topological polar surface area (TPSA) is 65.4 Å². The van der Waals surface area contributed by atoms with Gasteiger partial charge in [-0.3, -0.25) is 0 Å². The number of para-hydroxylation sites is 1. The molecule has 3 aromatic rings. The molecule has 0 saturated carbocycles. The maximum Gasteiger partial charge on any atom is 0.211 e. The van der Waals surface area contributed by atoms with Crippen LogP contribution < -0.4 is 4.74 Å². The second-order valence-corrected chi connectivity index (χ2v) is 5.61. The molecular weight excluding hydrogens is 336 g/mol. The molecule has 8 heteroatoms. The van der Waals surface area contributed by atoms with Crippen LogP contribution in [0.3, 0.4) is 0 Å². The fraction of sp³-hybridized carbons (Fsp3) is 0.133. The Hall–Kier alpha value is -2.25. The molecule has 1 aromatic carbocycles. The van der Waals surface area contributed by atoms with Crippen molar-refractivity contribution in [3.63, 3.8) is 0 Å². The van der Waals surface area contributed by atoms with Crippen LogP contribution in [-0.2, 0) is 6.61 Å². The zero-order valence-corrected chi connectivity index (χ0v) is 13.8. The third kappa shape index (κ3) is 3.94. The van der Waals surface area contributed by atoms with Crippen molar-refractivity contribution in [2.75, 3.05) is 6.26 Å². The van der Waals surface area contributed by atoms with Crippen molar-refractivity contribution in [2.24, 2.45) is 5.10 Å². The molecule has 0 amide bonds. The SMILES string of the molecule is CSc1nncn1/N=C/c1ccc(COc2ccccc2Cl)o1. The Balaban J connectivity index is 1.63. The number of halogens is 1. The number of hydrogen-bond acceptors (Lipinski definition) is 6. The standard InChI is InChI=1S/C15H13ClN4O2S/c1-23-15-19-17-10-20(15)18-8-11-6-7-12(22-11)9-21-14-5-3-2-4-13(14)16/h2-8,10H,9H2,1H3/b18-8+. The molecule has 118 valence electrons. The maximum atomic E-state index is 6.04. The highest BCUT2D eigenvalue weighted by Gasteiger charge is 2.05. The van der Waals surface area contributed by atoms with E-state index in [0.717, 1.165) is 0 Å². The lowest BCUT2D eigenvalue weighted by Crippen LogP contribution is -1.94. The van der Waals surface area contributed by atoms with Gasteiger partial charge in [0.05, 0.1) is 11.2 Å². The number of furan rings is 1. The van der Waals surface area contributed by atoms with Crippen LogP contribution in [-0.4, -0.2) is 27.3 Å². The maximum absolute atomic E-state index is 6.04. The zero-order chi connectivity index (χ0) is 16.1. The quantitative estimate of drug-likeness (QED) is 0.502. The second kappa shape index (κ2) is 7.34. The van der Waals surface area contributed by atoms with Gasteiger partial charge in [-0.05, 0) is 30.5 Å². The number of benzene rings is 1. The van der Waals surface area contributed by atoms with Crippen molar-refractivity contribution in [1.82, 2.24) is 14.9 Å². The zero-order valence-electron chi connectivity index (χ0n) is 12.2. The normalized spacial score (nSPS) is 11.2. The average molecular weight is 349 g/mol. The van der Waals surface area contributed by atoms with E-state index in [0.29, 0.717) is 34.1 Å². The van der Waals surface area contributed by atoms with Crippen LogP contribution in [0.4, 0.5) is 0 Å². The van der Waals surface area contributed by atoms with Crippen molar-refractivity contribution in [3.8, 4) is 5.75 Å². The summed E-state index contributed by atoms with van der Waals surface area (Å²) in [5, 5.41) is 13.2. The van der Waals surface area contributed by atoms with E-state index in [1.165, 1.54) is 18.1 Å². The van der Waals surface area contributed by atoms with Gasteiger partial charge in [0.1, 0.15) is 30.2 Å². The smallest absolute Gasteiger partial charge is 0.211 e. The molecule has 0 aliphatic carbocycles. The molecule has 23 heavy (non-hydrogen) atoms. The number of thioether (sulfide) groups is 1. The summed E-state index contributed by atoms with van der Waals surface area (Å²) in [6.45, 7) is 0.292. The van der Waals surface area contributed by atoms with E-state index < -0.39 is 0 Å². The van der Waals surface area contributed by atoms with Gasteiger partial charge in [0.25, 0.3) is 0 Å². The van der Waals surface area contributed by atoms with Crippen molar-refractivity contribution in [2.45, 2.75) is 11.8 Å². The van der Waals surface area contributed by atoms with Gasteiger partial charge in [0, 0.05) is 0 Å². The van der Waals surface area contributed by atoms with Crippen LogP contribution >= 0.6 is 23.4 Å². The molecule has 0 N–H and O–H groups in total. The van der Waals surface area contributed by atoms with E-state index in [1.807, 2.05) is 36.6 Å². The van der Waals surface area contributed by atoms with E-state index in [4.69, 9.17) is 20.8 Å². The van der Waals surface area contributed by atoms with Crippen LogP contribution in [0.15, 0.2) is 57.4 Å². The summed E-state index contributed by atoms with van der Waals surface area (Å²) >= 11 is 7.50. The first-order chi connectivity index (χ1) is 11.3. The molecule has 0 atom stereocenters. The summed E-state index contributed by atoms with van der Waals surface area (Å²) in [5.74, 6) is 1.92. The van der Waals surface area contributed by atoms with E-state index >= 15 is 0 Å². The molecule has 0 fully saturated rings. The molecule has 0 aliphatic rings. The Kier molecular flexibility index (Phi) is 4.99. The summed E-state index contributed by atoms with van der Waals surface area (Å²) < 4.78 is 12.8. The predicted molar refractivity (Wildman–Crippen MR) is 89.3 cm³/mol. The van der Waals surface area contributed by atoms with Crippen LogP contribution in [0, 0.1) is 0 Å². The lowest BCUT2D eigenvalue weighted by Gasteiger charge is -2.05. The monoisotopic (exact) mass is 348 g/mol. The van der Waals surface area contributed by atoms with Gasteiger partial charge in [-0.25, -0.2) is 0 Å². The van der Waals surface area contributed by atoms with E-state index in [-0.39, 0.29) is 0 Å².